The van der Waals surface area contributed by atoms with Gasteiger partial charge in [-0.15, -0.1) is 0 Å². The van der Waals surface area contributed by atoms with E-state index in [0.717, 1.165) is 44.0 Å². The van der Waals surface area contributed by atoms with Gasteiger partial charge in [0.05, 0.1) is 17.4 Å². The molecule has 2 bridgehead atoms. The number of fused-ring (bicyclic) bond motifs is 3. The van der Waals surface area contributed by atoms with Gasteiger partial charge in [-0.3, -0.25) is 9.20 Å². The highest BCUT2D eigenvalue weighted by Crippen LogP contribution is 2.46. The summed E-state index contributed by atoms with van der Waals surface area (Å²) >= 11 is 0. The Labute approximate surface area is 155 Å². The van der Waals surface area contributed by atoms with Crippen molar-refractivity contribution >= 4 is 17.2 Å². The van der Waals surface area contributed by atoms with Crippen LogP contribution in [0.5, 0.6) is 0 Å². The van der Waals surface area contributed by atoms with E-state index in [4.69, 9.17) is 5.73 Å². The molecular weight excluding hydrogens is 349 g/mol. The fourth-order valence-corrected chi connectivity index (χ4v) is 5.16. The molecule has 2 saturated heterocycles. The average molecular weight is 371 g/mol. The lowest BCUT2D eigenvalue weighted by atomic mass is 9.65. The number of hydrogen-bond donors (Lipinski definition) is 2. The molecule has 0 amide bonds. The third-order valence-electron chi connectivity index (χ3n) is 6.38. The van der Waals surface area contributed by atoms with Crippen LogP contribution in [0, 0.1) is 18.7 Å². The molecule has 2 aromatic rings. The van der Waals surface area contributed by atoms with Crippen LogP contribution in [0.4, 0.5) is 10.1 Å². The summed E-state index contributed by atoms with van der Waals surface area (Å²) in [5.74, 6) is -1.07. The van der Waals surface area contributed by atoms with Crippen molar-refractivity contribution in [3.05, 3.63) is 45.1 Å². The topological polar surface area (TPSA) is 88.0 Å². The quantitative estimate of drug-likeness (QED) is 0.864. The van der Waals surface area contributed by atoms with Crippen LogP contribution in [-0.4, -0.2) is 34.1 Å². The molecule has 0 aromatic carbocycles. The van der Waals surface area contributed by atoms with Crippen LogP contribution in [0.1, 0.15) is 53.1 Å². The molecule has 2 saturated carbocycles. The molecule has 7 heteroatoms. The Bertz CT molecular complexity index is 1050. The van der Waals surface area contributed by atoms with Gasteiger partial charge in [0.2, 0.25) is 0 Å². The van der Waals surface area contributed by atoms with Crippen LogP contribution in [0.3, 0.4) is 0 Å². The zero-order valence-corrected chi connectivity index (χ0v) is 15.2. The van der Waals surface area contributed by atoms with E-state index in [1.54, 1.807) is 0 Å². The molecule has 6 nitrogen and oxygen atoms in total. The average Bonchev–Trinajstić information content (AvgIpc) is 3.39. The minimum absolute atomic E-state index is 0.228. The fraction of sp³-hybridized carbons (Fsp3) is 0.500. The number of aryl methyl sites for hydroxylation is 1. The highest BCUT2D eigenvalue weighted by atomic mass is 19.1. The van der Waals surface area contributed by atoms with Crippen molar-refractivity contribution in [1.29, 1.82) is 0 Å². The van der Waals surface area contributed by atoms with Crippen LogP contribution in [0.15, 0.2) is 17.1 Å². The normalized spacial score (nSPS) is 26.9. The molecule has 2 aliphatic carbocycles. The van der Waals surface area contributed by atoms with E-state index < -0.39 is 17.3 Å². The van der Waals surface area contributed by atoms with Gasteiger partial charge in [-0.1, -0.05) is 0 Å². The summed E-state index contributed by atoms with van der Waals surface area (Å²) in [5, 5.41) is 9.38. The molecule has 0 atom stereocenters. The number of halogens is 1. The molecule has 4 heterocycles. The zero-order valence-electron chi connectivity index (χ0n) is 15.2. The number of carboxylic acids is 1. The van der Waals surface area contributed by atoms with Crippen LogP contribution >= 0.6 is 0 Å². The number of nitrogens with two attached hydrogens (primary N) is 1. The third kappa shape index (κ3) is 2.41. The molecule has 4 aliphatic rings. The Morgan fingerprint density at radius 2 is 2.07 bits per heavy atom. The fourth-order valence-electron chi connectivity index (χ4n) is 5.16. The van der Waals surface area contributed by atoms with E-state index in [2.05, 4.69) is 0 Å². The number of nitrogens with zero attached hydrogens (tertiary/aromatic N) is 2. The van der Waals surface area contributed by atoms with Crippen molar-refractivity contribution < 1.29 is 14.3 Å². The number of carbonyl (C=O) groups is 1. The Balaban J connectivity index is 1.75. The van der Waals surface area contributed by atoms with E-state index in [0.29, 0.717) is 29.2 Å². The first kappa shape index (κ1) is 16.7. The first-order valence-electron chi connectivity index (χ1n) is 9.43. The van der Waals surface area contributed by atoms with Crippen molar-refractivity contribution in [3.63, 3.8) is 0 Å². The number of aromatic carboxylic acids is 1. The first-order chi connectivity index (χ1) is 12.8. The predicted octanol–water partition coefficient (Wildman–Crippen LogP) is 2.25. The first-order valence-corrected chi connectivity index (χ1v) is 9.43. The number of pyridine rings is 2. The SMILES string of the molecule is Cc1c(N2CC3CC(N)(C3)C2)c(F)cn2c(=O)c(C(=O)O)cc(C3CC3)c12. The van der Waals surface area contributed by atoms with E-state index in [1.807, 2.05) is 11.8 Å². The Morgan fingerprint density at radius 1 is 1.37 bits per heavy atom. The van der Waals surface area contributed by atoms with Gasteiger partial charge in [0, 0.05) is 18.6 Å². The standard InChI is InChI=1S/C20H22FN3O3/c1-10-16-13(12-2-3-12)4-14(19(26)27)18(25)24(16)8-15(21)17(10)23-7-11-5-20(22,6-11)9-23/h4,8,11-12H,2-3,5-7,9,22H2,1H3,(H,26,27). The lowest BCUT2D eigenvalue weighted by molar-refractivity contribution is 0.0694. The van der Waals surface area contributed by atoms with Gasteiger partial charge in [0.1, 0.15) is 5.56 Å². The van der Waals surface area contributed by atoms with Crippen LogP contribution in [0.25, 0.3) is 5.52 Å². The van der Waals surface area contributed by atoms with Crippen LogP contribution in [0.2, 0.25) is 0 Å². The molecular formula is C20H22FN3O3. The van der Waals surface area contributed by atoms with Crippen molar-refractivity contribution in [2.75, 3.05) is 18.0 Å². The van der Waals surface area contributed by atoms with Crippen molar-refractivity contribution in [2.45, 2.75) is 44.1 Å². The van der Waals surface area contributed by atoms with Crippen molar-refractivity contribution in [1.82, 2.24) is 4.40 Å². The highest BCUT2D eigenvalue weighted by molar-refractivity contribution is 5.89. The summed E-state index contributed by atoms with van der Waals surface area (Å²) < 4.78 is 16.3. The summed E-state index contributed by atoms with van der Waals surface area (Å²) in [5.41, 5.74) is 7.79. The van der Waals surface area contributed by atoms with Crippen LogP contribution in [-0.2, 0) is 0 Å². The molecule has 3 N–H and O–H groups in total. The van der Waals surface area contributed by atoms with Crippen molar-refractivity contribution in [3.8, 4) is 0 Å². The number of rotatable bonds is 3. The second kappa shape index (κ2) is 5.32. The van der Waals surface area contributed by atoms with Gasteiger partial charge < -0.3 is 15.7 Å². The Kier molecular flexibility index (Phi) is 3.30. The summed E-state index contributed by atoms with van der Waals surface area (Å²) in [4.78, 5) is 26.1. The summed E-state index contributed by atoms with van der Waals surface area (Å²) in [6.07, 6.45) is 5.02. The minimum Gasteiger partial charge on any atom is -0.477 e. The molecule has 142 valence electrons. The van der Waals surface area contributed by atoms with Gasteiger partial charge in [-0.2, -0.15) is 0 Å². The number of hydrogen-bond acceptors (Lipinski definition) is 4. The largest absolute Gasteiger partial charge is 0.477 e. The number of aromatic nitrogens is 1. The van der Waals surface area contributed by atoms with Crippen molar-refractivity contribution in [2.24, 2.45) is 11.7 Å². The Hall–Kier alpha value is -2.41. The second-order valence-corrected chi connectivity index (χ2v) is 8.58. The molecule has 2 aliphatic heterocycles. The maximum atomic E-state index is 15.1. The molecule has 2 aromatic heterocycles. The maximum Gasteiger partial charge on any atom is 0.341 e. The lowest BCUT2D eigenvalue weighted by Crippen LogP contribution is -2.66. The summed E-state index contributed by atoms with van der Waals surface area (Å²) in [7, 11) is 0. The zero-order chi connectivity index (χ0) is 19.1. The molecule has 0 radical (unpaired) electrons. The molecule has 0 spiro atoms. The molecule has 0 unspecified atom stereocenters. The van der Waals surface area contributed by atoms with E-state index in [1.165, 1.54) is 10.5 Å². The van der Waals surface area contributed by atoms with Gasteiger partial charge in [0.25, 0.3) is 5.56 Å². The lowest BCUT2D eigenvalue weighted by Gasteiger charge is -2.55. The minimum atomic E-state index is -1.28. The van der Waals surface area contributed by atoms with Gasteiger partial charge >= 0.3 is 5.97 Å². The number of carboxylic acid groups (broad SMARTS) is 1. The maximum absolute atomic E-state index is 15.1. The number of piperidine rings is 2. The van der Waals surface area contributed by atoms with Gasteiger partial charge in [0.15, 0.2) is 5.82 Å². The second-order valence-electron chi connectivity index (χ2n) is 8.58. The third-order valence-corrected chi connectivity index (χ3v) is 6.38. The van der Waals surface area contributed by atoms with E-state index in [-0.39, 0.29) is 17.0 Å². The van der Waals surface area contributed by atoms with Crippen LogP contribution < -0.4 is 16.2 Å². The molecule has 27 heavy (non-hydrogen) atoms. The number of anilines is 1. The molecule has 6 rings (SSSR count). The summed E-state index contributed by atoms with van der Waals surface area (Å²) in [6, 6.07) is 1.49. The van der Waals surface area contributed by atoms with E-state index >= 15 is 4.39 Å². The summed E-state index contributed by atoms with van der Waals surface area (Å²) in [6.45, 7) is 3.19. The predicted molar refractivity (Wildman–Crippen MR) is 99.2 cm³/mol. The van der Waals surface area contributed by atoms with E-state index in [9.17, 15) is 14.7 Å². The molecule has 4 fully saturated rings. The Morgan fingerprint density at radius 3 is 2.67 bits per heavy atom. The van der Waals surface area contributed by atoms with Gasteiger partial charge in [-0.05, 0) is 61.6 Å². The van der Waals surface area contributed by atoms with Gasteiger partial charge in [-0.25, -0.2) is 9.18 Å². The monoisotopic (exact) mass is 371 g/mol. The smallest absolute Gasteiger partial charge is 0.341 e. The highest BCUT2D eigenvalue weighted by Gasteiger charge is 2.48.